The summed E-state index contributed by atoms with van der Waals surface area (Å²) in [4.78, 5) is 9.72. The number of halogens is 1. The van der Waals surface area contributed by atoms with E-state index >= 15 is 0 Å². The van der Waals surface area contributed by atoms with Crippen molar-refractivity contribution in [2.24, 2.45) is 5.92 Å². The Kier molecular flexibility index (Phi) is 0.716. The van der Waals surface area contributed by atoms with Gasteiger partial charge in [0.15, 0.2) is 12.0 Å². The van der Waals surface area contributed by atoms with Crippen molar-refractivity contribution in [2.75, 3.05) is 0 Å². The van der Waals surface area contributed by atoms with Crippen molar-refractivity contribution in [1.29, 1.82) is 0 Å². The quantitative estimate of drug-likeness (QED) is 0.450. The summed E-state index contributed by atoms with van der Waals surface area (Å²) in [6.07, 6.45) is 0.828. The minimum Gasteiger partial charge on any atom is -0.300 e. The van der Waals surface area contributed by atoms with Crippen molar-refractivity contribution >= 4 is 6.29 Å². The van der Waals surface area contributed by atoms with Gasteiger partial charge in [0.25, 0.3) is 0 Å². The molecule has 7 heavy (non-hydrogen) atoms. The summed E-state index contributed by atoms with van der Waals surface area (Å²) in [5.41, 5.74) is -1.43. The van der Waals surface area contributed by atoms with Crippen LogP contribution in [0.25, 0.3) is 0 Å². The van der Waals surface area contributed by atoms with Gasteiger partial charge >= 0.3 is 0 Å². The van der Waals surface area contributed by atoms with Gasteiger partial charge in [-0.1, -0.05) is 6.92 Å². The molecule has 1 fully saturated rings. The molecule has 0 radical (unpaired) electrons. The van der Waals surface area contributed by atoms with Crippen molar-refractivity contribution in [3.8, 4) is 0 Å². The molecule has 2 atom stereocenters. The topological polar surface area (TPSA) is 17.1 Å². The van der Waals surface area contributed by atoms with Crippen LogP contribution in [-0.2, 0) is 4.79 Å². The second-order valence-corrected chi connectivity index (χ2v) is 2.15. The average molecular weight is 102 g/mol. The van der Waals surface area contributed by atoms with Crippen LogP contribution in [0.15, 0.2) is 0 Å². The van der Waals surface area contributed by atoms with Crippen LogP contribution in [0.1, 0.15) is 13.3 Å². The minimum absolute atomic E-state index is 0.0231. The third-order valence-corrected chi connectivity index (χ3v) is 1.47. The molecule has 0 amide bonds. The zero-order valence-electron chi connectivity index (χ0n) is 4.15. The summed E-state index contributed by atoms with van der Waals surface area (Å²) < 4.78 is 12.3. The van der Waals surface area contributed by atoms with E-state index in [9.17, 15) is 9.18 Å². The maximum absolute atomic E-state index is 12.3. The van der Waals surface area contributed by atoms with Crippen molar-refractivity contribution in [3.63, 3.8) is 0 Å². The lowest BCUT2D eigenvalue weighted by Gasteiger charge is -1.86. The Morgan fingerprint density at radius 1 is 2.00 bits per heavy atom. The molecule has 0 N–H and O–H groups in total. The molecule has 0 aromatic rings. The van der Waals surface area contributed by atoms with E-state index in [1.807, 2.05) is 0 Å². The normalized spacial score (nSPS) is 48.6. The molecule has 2 unspecified atom stereocenters. The van der Waals surface area contributed by atoms with E-state index in [1.165, 1.54) is 0 Å². The summed E-state index contributed by atoms with van der Waals surface area (Å²) in [5.74, 6) is -0.0231. The summed E-state index contributed by atoms with van der Waals surface area (Å²) in [6, 6.07) is 0. The number of hydrogen-bond donors (Lipinski definition) is 0. The van der Waals surface area contributed by atoms with Crippen molar-refractivity contribution < 1.29 is 9.18 Å². The first-order chi connectivity index (χ1) is 3.19. The molecule has 40 valence electrons. The van der Waals surface area contributed by atoms with Crippen LogP contribution in [0.5, 0.6) is 0 Å². The molecule has 2 heteroatoms. The molecule has 0 heterocycles. The third kappa shape index (κ3) is 0.539. The number of aldehydes is 1. The van der Waals surface area contributed by atoms with Gasteiger partial charge < -0.3 is 0 Å². The van der Waals surface area contributed by atoms with Gasteiger partial charge in [-0.05, 0) is 6.42 Å². The van der Waals surface area contributed by atoms with Gasteiger partial charge in [0.2, 0.25) is 0 Å². The number of carbonyl (C=O) groups is 1. The van der Waals surface area contributed by atoms with E-state index in [1.54, 1.807) is 6.92 Å². The van der Waals surface area contributed by atoms with Crippen LogP contribution < -0.4 is 0 Å². The standard InChI is InChI=1S/C5H7FO/c1-4-2-5(4,6)3-7/h3-4H,2H2,1H3. The maximum atomic E-state index is 12.3. The highest BCUT2D eigenvalue weighted by Crippen LogP contribution is 2.44. The van der Waals surface area contributed by atoms with Crippen LogP contribution >= 0.6 is 0 Å². The highest BCUT2D eigenvalue weighted by molar-refractivity contribution is 5.67. The summed E-state index contributed by atoms with van der Waals surface area (Å²) >= 11 is 0. The van der Waals surface area contributed by atoms with E-state index in [-0.39, 0.29) is 5.92 Å². The lowest BCUT2D eigenvalue weighted by Crippen LogP contribution is -2.02. The monoisotopic (exact) mass is 102 g/mol. The van der Waals surface area contributed by atoms with Crippen LogP contribution in [0.3, 0.4) is 0 Å². The Hall–Kier alpha value is -0.400. The molecule has 1 nitrogen and oxygen atoms in total. The van der Waals surface area contributed by atoms with Gasteiger partial charge in [0, 0.05) is 5.92 Å². The summed E-state index contributed by atoms with van der Waals surface area (Å²) in [7, 11) is 0. The van der Waals surface area contributed by atoms with E-state index in [0.717, 1.165) is 0 Å². The molecular formula is C5H7FO. The lowest BCUT2D eigenvalue weighted by atomic mass is 10.3. The summed E-state index contributed by atoms with van der Waals surface area (Å²) in [5, 5.41) is 0. The predicted octanol–water partition coefficient (Wildman–Crippen LogP) is 0.933. The first-order valence-electron chi connectivity index (χ1n) is 2.34. The second-order valence-electron chi connectivity index (χ2n) is 2.15. The first-order valence-corrected chi connectivity index (χ1v) is 2.34. The van der Waals surface area contributed by atoms with Gasteiger partial charge in [-0.15, -0.1) is 0 Å². The molecule has 1 rings (SSSR count). The average Bonchev–Trinajstić information content (AvgIpc) is 2.18. The molecule has 0 aliphatic heterocycles. The fourth-order valence-electron chi connectivity index (χ4n) is 0.575. The number of carbonyl (C=O) groups excluding carboxylic acids is 1. The molecule has 0 spiro atoms. The molecule has 1 aliphatic rings. The van der Waals surface area contributed by atoms with Crippen molar-refractivity contribution in [1.82, 2.24) is 0 Å². The highest BCUT2D eigenvalue weighted by atomic mass is 19.1. The van der Waals surface area contributed by atoms with Crippen molar-refractivity contribution in [2.45, 2.75) is 19.0 Å². The van der Waals surface area contributed by atoms with E-state index in [4.69, 9.17) is 0 Å². The van der Waals surface area contributed by atoms with Gasteiger partial charge in [-0.3, -0.25) is 4.79 Å². The Balaban J connectivity index is 2.51. The van der Waals surface area contributed by atoms with Crippen LogP contribution in [-0.4, -0.2) is 12.0 Å². The zero-order chi connectivity index (χ0) is 5.49. The molecule has 0 aromatic heterocycles. The molecule has 0 saturated heterocycles. The maximum Gasteiger partial charge on any atom is 0.168 e. The smallest absolute Gasteiger partial charge is 0.168 e. The van der Waals surface area contributed by atoms with E-state index in [0.29, 0.717) is 12.7 Å². The van der Waals surface area contributed by atoms with Crippen LogP contribution in [0, 0.1) is 5.92 Å². The second kappa shape index (κ2) is 1.05. The fraction of sp³-hybridized carbons (Fsp3) is 0.800. The van der Waals surface area contributed by atoms with E-state index in [2.05, 4.69) is 0 Å². The fourth-order valence-corrected chi connectivity index (χ4v) is 0.575. The lowest BCUT2D eigenvalue weighted by molar-refractivity contribution is -0.113. The first kappa shape index (κ1) is 4.75. The van der Waals surface area contributed by atoms with Gasteiger partial charge in [0.05, 0.1) is 0 Å². The Labute approximate surface area is 41.5 Å². The highest BCUT2D eigenvalue weighted by Gasteiger charge is 2.52. The van der Waals surface area contributed by atoms with Crippen molar-refractivity contribution in [3.05, 3.63) is 0 Å². The predicted molar refractivity (Wildman–Crippen MR) is 23.7 cm³/mol. The molecule has 0 bridgehead atoms. The SMILES string of the molecule is CC1CC1(F)C=O. The molecule has 0 aromatic carbocycles. The number of alkyl halides is 1. The molecular weight excluding hydrogens is 95.1 g/mol. The van der Waals surface area contributed by atoms with Gasteiger partial charge in [-0.25, -0.2) is 4.39 Å². The Morgan fingerprint density at radius 2 is 2.43 bits per heavy atom. The third-order valence-electron chi connectivity index (χ3n) is 1.47. The number of rotatable bonds is 1. The van der Waals surface area contributed by atoms with Gasteiger partial charge in [-0.2, -0.15) is 0 Å². The Morgan fingerprint density at radius 3 is 2.43 bits per heavy atom. The molecule has 1 aliphatic carbocycles. The molecule has 1 saturated carbocycles. The Bertz CT molecular complexity index is 102. The van der Waals surface area contributed by atoms with E-state index < -0.39 is 5.67 Å². The van der Waals surface area contributed by atoms with Crippen LogP contribution in [0.4, 0.5) is 4.39 Å². The summed E-state index contributed by atoms with van der Waals surface area (Å²) in [6.45, 7) is 1.73. The van der Waals surface area contributed by atoms with Crippen LogP contribution in [0.2, 0.25) is 0 Å². The van der Waals surface area contributed by atoms with Gasteiger partial charge in [0.1, 0.15) is 0 Å². The minimum atomic E-state index is -1.43. The number of hydrogen-bond acceptors (Lipinski definition) is 1. The zero-order valence-corrected chi connectivity index (χ0v) is 4.15. The largest absolute Gasteiger partial charge is 0.300 e.